The van der Waals surface area contributed by atoms with Gasteiger partial charge in [-0.25, -0.2) is 9.97 Å². The van der Waals surface area contributed by atoms with E-state index < -0.39 is 0 Å². The molecular formula is C24H23N5O2. The summed E-state index contributed by atoms with van der Waals surface area (Å²) in [5, 5.41) is 4.25. The third-order valence-electron chi connectivity index (χ3n) is 4.91. The summed E-state index contributed by atoms with van der Waals surface area (Å²) in [5.74, 6) is 1.83. The highest BCUT2D eigenvalue weighted by molar-refractivity contribution is 5.91. The van der Waals surface area contributed by atoms with Crippen LogP contribution >= 0.6 is 0 Å². The van der Waals surface area contributed by atoms with Gasteiger partial charge in [-0.15, -0.1) is 0 Å². The average Bonchev–Trinajstić information content (AvgIpc) is 2.76. The summed E-state index contributed by atoms with van der Waals surface area (Å²) in [7, 11) is 0. The fourth-order valence-corrected chi connectivity index (χ4v) is 3.25. The van der Waals surface area contributed by atoms with Crippen LogP contribution in [0.15, 0.2) is 61.1 Å². The van der Waals surface area contributed by atoms with Crippen molar-refractivity contribution in [1.29, 1.82) is 0 Å². The Labute approximate surface area is 180 Å². The number of nitrogens with zero attached hydrogens (tertiary/aromatic N) is 3. The fraction of sp³-hybridized carbons (Fsp3) is 0.167. The maximum atomic E-state index is 11.1. The fourth-order valence-electron chi connectivity index (χ4n) is 3.25. The summed E-state index contributed by atoms with van der Waals surface area (Å²) in [5.41, 5.74) is 9.91. The van der Waals surface area contributed by atoms with Crippen LogP contribution in [0.3, 0.4) is 0 Å². The number of hydrogen-bond acceptors (Lipinski definition) is 6. The maximum absolute atomic E-state index is 11.1. The molecule has 31 heavy (non-hydrogen) atoms. The van der Waals surface area contributed by atoms with Crippen molar-refractivity contribution in [2.75, 3.05) is 5.32 Å². The Morgan fingerprint density at radius 1 is 1.03 bits per heavy atom. The van der Waals surface area contributed by atoms with Gasteiger partial charge in [0.1, 0.15) is 23.6 Å². The van der Waals surface area contributed by atoms with Crippen LogP contribution in [0.4, 0.5) is 11.5 Å². The molecule has 0 unspecified atom stereocenters. The van der Waals surface area contributed by atoms with Gasteiger partial charge in [0.05, 0.1) is 11.7 Å². The van der Waals surface area contributed by atoms with Gasteiger partial charge in [-0.05, 0) is 73.9 Å². The number of anilines is 2. The van der Waals surface area contributed by atoms with E-state index in [1.165, 1.54) is 6.33 Å². The number of carbonyl (C=O) groups excluding carboxylic acids is 1. The molecule has 0 saturated carbocycles. The van der Waals surface area contributed by atoms with E-state index in [4.69, 9.17) is 10.5 Å². The van der Waals surface area contributed by atoms with Gasteiger partial charge in [0.25, 0.3) is 0 Å². The molecule has 7 heteroatoms. The third-order valence-corrected chi connectivity index (χ3v) is 4.91. The Bertz CT molecular complexity index is 1240. The number of nitrogens with two attached hydrogens (primary N) is 1. The number of carbonyl (C=O) groups is 1. The number of aromatic nitrogens is 3. The Kier molecular flexibility index (Phi) is 5.75. The first-order valence-corrected chi connectivity index (χ1v) is 9.98. The number of rotatable bonds is 7. The minimum Gasteiger partial charge on any atom is -0.455 e. The minimum atomic E-state index is -0.318. The van der Waals surface area contributed by atoms with Crippen LogP contribution in [0.25, 0.3) is 10.9 Å². The zero-order valence-corrected chi connectivity index (χ0v) is 17.4. The Hall–Kier alpha value is -4.00. The highest BCUT2D eigenvalue weighted by atomic mass is 16.5. The molecule has 0 radical (unpaired) electrons. The van der Waals surface area contributed by atoms with Gasteiger partial charge in [-0.2, -0.15) is 0 Å². The minimum absolute atomic E-state index is 0.305. The lowest BCUT2D eigenvalue weighted by atomic mass is 10.1. The standard InChI is InChI=1S/C24H23N5O2/c1-15-11-18(6-9-22(15)31-19-7-3-16(2)26-13-19)29-24-20-12-17(5-10-23(25)30)4-8-21(20)27-14-28-24/h3-4,6-9,11-14H,5,10H2,1-2H3,(H2,25,30)(H,27,28,29). The predicted octanol–water partition coefficient (Wildman–Crippen LogP) is 4.60. The quantitative estimate of drug-likeness (QED) is 0.459. The number of fused-ring (bicyclic) bond motifs is 1. The van der Waals surface area contributed by atoms with Crippen LogP contribution < -0.4 is 15.8 Å². The van der Waals surface area contributed by atoms with Crippen molar-refractivity contribution in [3.8, 4) is 11.5 Å². The average molecular weight is 413 g/mol. The molecule has 2 aromatic heterocycles. The number of benzene rings is 2. The number of aryl methyl sites for hydroxylation is 3. The molecule has 0 saturated heterocycles. The molecule has 7 nitrogen and oxygen atoms in total. The van der Waals surface area contributed by atoms with Crippen LogP contribution in [0.2, 0.25) is 0 Å². The van der Waals surface area contributed by atoms with Crippen LogP contribution in [0.5, 0.6) is 11.5 Å². The van der Waals surface area contributed by atoms with E-state index in [0.717, 1.165) is 39.2 Å². The maximum Gasteiger partial charge on any atom is 0.217 e. The van der Waals surface area contributed by atoms with Gasteiger partial charge in [0.2, 0.25) is 5.91 Å². The predicted molar refractivity (Wildman–Crippen MR) is 121 cm³/mol. The molecular weight excluding hydrogens is 390 g/mol. The molecule has 2 aromatic carbocycles. The van der Waals surface area contributed by atoms with Gasteiger partial charge in [-0.1, -0.05) is 6.07 Å². The Balaban J connectivity index is 1.56. The van der Waals surface area contributed by atoms with E-state index in [1.54, 1.807) is 6.20 Å². The first kappa shape index (κ1) is 20.3. The lowest BCUT2D eigenvalue weighted by molar-refractivity contribution is -0.117. The summed E-state index contributed by atoms with van der Waals surface area (Å²) in [6, 6.07) is 15.6. The van der Waals surface area contributed by atoms with Crippen LogP contribution in [-0.2, 0) is 11.2 Å². The Morgan fingerprint density at radius 3 is 2.65 bits per heavy atom. The molecule has 0 aliphatic heterocycles. The molecule has 0 fully saturated rings. The van der Waals surface area contributed by atoms with Gasteiger partial charge in [0.15, 0.2) is 0 Å². The number of primary amides is 1. The summed E-state index contributed by atoms with van der Waals surface area (Å²) in [4.78, 5) is 24.1. The molecule has 0 bridgehead atoms. The first-order chi connectivity index (χ1) is 15.0. The molecule has 0 aliphatic rings. The van der Waals surface area contributed by atoms with Gasteiger partial charge in [0, 0.05) is 23.2 Å². The second-order valence-corrected chi connectivity index (χ2v) is 7.38. The molecule has 3 N–H and O–H groups in total. The third kappa shape index (κ3) is 4.95. The van der Waals surface area contributed by atoms with E-state index in [0.29, 0.717) is 24.4 Å². The molecule has 0 aliphatic carbocycles. The number of pyridine rings is 1. The van der Waals surface area contributed by atoms with E-state index in [2.05, 4.69) is 20.3 Å². The molecule has 2 heterocycles. The zero-order valence-electron chi connectivity index (χ0n) is 17.4. The van der Waals surface area contributed by atoms with E-state index >= 15 is 0 Å². The van der Waals surface area contributed by atoms with Crippen LogP contribution in [0.1, 0.15) is 23.2 Å². The number of ether oxygens (including phenoxy) is 1. The largest absolute Gasteiger partial charge is 0.455 e. The van der Waals surface area contributed by atoms with Gasteiger partial charge in [-0.3, -0.25) is 9.78 Å². The van der Waals surface area contributed by atoms with Crippen LogP contribution in [-0.4, -0.2) is 20.9 Å². The lowest BCUT2D eigenvalue weighted by Gasteiger charge is -2.13. The monoisotopic (exact) mass is 413 g/mol. The summed E-state index contributed by atoms with van der Waals surface area (Å²) in [6.07, 6.45) is 4.13. The van der Waals surface area contributed by atoms with Crippen molar-refractivity contribution in [3.63, 3.8) is 0 Å². The van der Waals surface area contributed by atoms with Gasteiger partial charge < -0.3 is 15.8 Å². The van der Waals surface area contributed by atoms with E-state index in [-0.39, 0.29) is 5.91 Å². The van der Waals surface area contributed by atoms with Crippen molar-refractivity contribution in [2.45, 2.75) is 26.7 Å². The van der Waals surface area contributed by atoms with Crippen molar-refractivity contribution in [2.24, 2.45) is 5.73 Å². The summed E-state index contributed by atoms with van der Waals surface area (Å²) < 4.78 is 5.95. The van der Waals surface area contributed by atoms with E-state index in [1.807, 2.05) is 62.4 Å². The smallest absolute Gasteiger partial charge is 0.217 e. The van der Waals surface area contributed by atoms with Gasteiger partial charge >= 0.3 is 0 Å². The highest BCUT2D eigenvalue weighted by Crippen LogP contribution is 2.30. The number of nitrogens with one attached hydrogen (secondary N) is 1. The molecule has 156 valence electrons. The van der Waals surface area contributed by atoms with Crippen molar-refractivity contribution in [3.05, 3.63) is 77.9 Å². The topological polar surface area (TPSA) is 103 Å². The van der Waals surface area contributed by atoms with Crippen molar-refractivity contribution < 1.29 is 9.53 Å². The molecule has 4 aromatic rings. The highest BCUT2D eigenvalue weighted by Gasteiger charge is 2.09. The van der Waals surface area contributed by atoms with Crippen LogP contribution in [0, 0.1) is 13.8 Å². The number of hydrogen-bond donors (Lipinski definition) is 2. The number of amides is 1. The van der Waals surface area contributed by atoms with Crippen molar-refractivity contribution >= 4 is 28.3 Å². The summed E-state index contributed by atoms with van der Waals surface area (Å²) in [6.45, 7) is 3.93. The molecule has 4 rings (SSSR count). The second kappa shape index (κ2) is 8.79. The summed E-state index contributed by atoms with van der Waals surface area (Å²) >= 11 is 0. The SMILES string of the molecule is Cc1ccc(Oc2ccc(Nc3ncnc4ccc(CCC(N)=O)cc34)cc2C)cn1. The molecule has 0 atom stereocenters. The van der Waals surface area contributed by atoms with E-state index in [9.17, 15) is 4.79 Å². The first-order valence-electron chi connectivity index (χ1n) is 9.98. The lowest BCUT2D eigenvalue weighted by Crippen LogP contribution is -2.11. The Morgan fingerprint density at radius 2 is 1.90 bits per heavy atom. The molecule has 0 spiro atoms. The molecule has 1 amide bonds. The second-order valence-electron chi connectivity index (χ2n) is 7.38. The van der Waals surface area contributed by atoms with Crippen molar-refractivity contribution in [1.82, 2.24) is 15.0 Å². The zero-order chi connectivity index (χ0) is 21.8. The normalized spacial score (nSPS) is 10.8.